The van der Waals surface area contributed by atoms with Crippen molar-refractivity contribution in [1.29, 1.82) is 0 Å². The van der Waals surface area contributed by atoms with Crippen LogP contribution in [0.4, 0.5) is 0 Å². The maximum atomic E-state index is 6.01. The van der Waals surface area contributed by atoms with Gasteiger partial charge in [-0.3, -0.25) is 4.99 Å². The fourth-order valence-electron chi connectivity index (χ4n) is 4.27. The van der Waals surface area contributed by atoms with Crippen molar-refractivity contribution in [1.82, 2.24) is 10.2 Å². The first-order chi connectivity index (χ1) is 13.7. The highest BCUT2D eigenvalue weighted by molar-refractivity contribution is 5.80. The average Bonchev–Trinajstić information content (AvgIpc) is 3.33. The van der Waals surface area contributed by atoms with E-state index >= 15 is 0 Å². The first-order valence-corrected chi connectivity index (χ1v) is 10.6. The largest absolute Gasteiger partial charge is 0.497 e. The van der Waals surface area contributed by atoms with Crippen LogP contribution in [0, 0.1) is 0 Å². The number of ether oxygens (including phenoxy) is 3. The third kappa shape index (κ3) is 4.28. The van der Waals surface area contributed by atoms with Crippen LogP contribution in [0.2, 0.25) is 0 Å². The van der Waals surface area contributed by atoms with Gasteiger partial charge >= 0.3 is 0 Å². The molecule has 28 heavy (non-hydrogen) atoms. The molecule has 4 rings (SSSR count). The standard InChI is InChI=1S/C22H33N3O3/c1-3-23-21(25-12-14-28-20(15-25)19-5-4-13-27-19)24-16-22(10-11-22)17-6-8-18(26-2)9-7-17/h6-9,19-20H,3-5,10-16H2,1-2H3,(H,23,24). The molecule has 6 heteroatoms. The molecule has 0 radical (unpaired) electrons. The van der Waals surface area contributed by atoms with Gasteiger partial charge in [0.1, 0.15) is 11.9 Å². The van der Waals surface area contributed by atoms with Crippen LogP contribution in [0.15, 0.2) is 29.3 Å². The Hall–Kier alpha value is -1.79. The summed E-state index contributed by atoms with van der Waals surface area (Å²) in [7, 11) is 1.71. The lowest BCUT2D eigenvalue weighted by Crippen LogP contribution is -2.53. The van der Waals surface area contributed by atoms with Gasteiger partial charge in [-0.25, -0.2) is 0 Å². The highest BCUT2D eigenvalue weighted by Gasteiger charge is 2.44. The van der Waals surface area contributed by atoms with E-state index in [4.69, 9.17) is 19.2 Å². The Morgan fingerprint density at radius 1 is 1.21 bits per heavy atom. The normalized spacial score (nSPS) is 26.9. The topological polar surface area (TPSA) is 55.3 Å². The lowest BCUT2D eigenvalue weighted by atomic mass is 9.96. The van der Waals surface area contributed by atoms with Crippen molar-refractivity contribution >= 4 is 5.96 Å². The second-order valence-corrected chi connectivity index (χ2v) is 8.09. The Balaban J connectivity index is 1.43. The van der Waals surface area contributed by atoms with Gasteiger partial charge in [0.25, 0.3) is 0 Å². The van der Waals surface area contributed by atoms with Gasteiger partial charge in [0, 0.05) is 31.7 Å². The molecule has 0 spiro atoms. The molecule has 2 aliphatic heterocycles. The molecule has 1 aromatic carbocycles. The Morgan fingerprint density at radius 2 is 2.00 bits per heavy atom. The monoisotopic (exact) mass is 387 g/mol. The number of methoxy groups -OCH3 is 1. The van der Waals surface area contributed by atoms with Crippen LogP contribution in [-0.4, -0.2) is 69.6 Å². The lowest BCUT2D eigenvalue weighted by Gasteiger charge is -2.37. The maximum Gasteiger partial charge on any atom is 0.194 e. The molecule has 2 saturated heterocycles. The van der Waals surface area contributed by atoms with Crippen LogP contribution in [0.25, 0.3) is 0 Å². The summed E-state index contributed by atoms with van der Waals surface area (Å²) in [4.78, 5) is 7.41. The highest BCUT2D eigenvalue weighted by atomic mass is 16.5. The summed E-state index contributed by atoms with van der Waals surface area (Å²) in [6, 6.07) is 8.49. The Labute approximate surface area is 168 Å². The van der Waals surface area contributed by atoms with Gasteiger partial charge in [-0.05, 0) is 50.3 Å². The molecule has 3 aliphatic rings. The van der Waals surface area contributed by atoms with E-state index < -0.39 is 0 Å². The number of aliphatic imine (C=N–C) groups is 1. The molecule has 2 atom stereocenters. The van der Waals surface area contributed by atoms with Crippen molar-refractivity contribution in [2.45, 2.75) is 50.2 Å². The zero-order valence-corrected chi connectivity index (χ0v) is 17.2. The van der Waals surface area contributed by atoms with E-state index in [-0.39, 0.29) is 17.6 Å². The van der Waals surface area contributed by atoms with Crippen molar-refractivity contribution in [2.75, 3.05) is 46.5 Å². The summed E-state index contributed by atoms with van der Waals surface area (Å²) in [5.74, 6) is 1.92. The molecule has 1 aromatic rings. The second kappa shape index (κ2) is 8.70. The predicted octanol–water partition coefficient (Wildman–Crippen LogP) is 2.57. The number of hydrogen-bond acceptors (Lipinski definition) is 4. The number of benzene rings is 1. The third-order valence-electron chi connectivity index (χ3n) is 6.19. The van der Waals surface area contributed by atoms with Crippen molar-refractivity contribution in [2.24, 2.45) is 4.99 Å². The van der Waals surface area contributed by atoms with Crippen LogP contribution in [0.5, 0.6) is 5.75 Å². The first-order valence-electron chi connectivity index (χ1n) is 10.6. The van der Waals surface area contributed by atoms with E-state index in [1.807, 2.05) is 0 Å². The maximum absolute atomic E-state index is 6.01. The predicted molar refractivity (Wildman–Crippen MR) is 110 cm³/mol. The molecule has 6 nitrogen and oxygen atoms in total. The number of rotatable bonds is 6. The molecule has 0 aromatic heterocycles. The van der Waals surface area contributed by atoms with Crippen molar-refractivity contribution in [3.05, 3.63) is 29.8 Å². The quantitative estimate of drug-likeness (QED) is 0.601. The van der Waals surface area contributed by atoms with Crippen LogP contribution in [0.3, 0.4) is 0 Å². The Kier molecular flexibility index (Phi) is 6.07. The molecule has 1 N–H and O–H groups in total. The van der Waals surface area contributed by atoms with Gasteiger partial charge in [0.2, 0.25) is 0 Å². The van der Waals surface area contributed by atoms with E-state index in [1.165, 1.54) is 18.4 Å². The minimum atomic E-state index is 0.150. The van der Waals surface area contributed by atoms with Crippen molar-refractivity contribution in [3.63, 3.8) is 0 Å². The number of morpholine rings is 1. The minimum Gasteiger partial charge on any atom is -0.497 e. The van der Waals surface area contributed by atoms with Gasteiger partial charge < -0.3 is 24.4 Å². The molecular formula is C22H33N3O3. The smallest absolute Gasteiger partial charge is 0.194 e. The van der Waals surface area contributed by atoms with Gasteiger partial charge in [-0.2, -0.15) is 0 Å². The fraction of sp³-hybridized carbons (Fsp3) is 0.682. The molecule has 3 fully saturated rings. The van der Waals surface area contributed by atoms with Gasteiger partial charge in [0.05, 0.1) is 26.4 Å². The fourth-order valence-corrected chi connectivity index (χ4v) is 4.27. The number of nitrogens with zero attached hydrogens (tertiary/aromatic N) is 2. The van der Waals surface area contributed by atoms with Crippen LogP contribution < -0.4 is 10.1 Å². The van der Waals surface area contributed by atoms with Gasteiger partial charge in [0.15, 0.2) is 5.96 Å². The van der Waals surface area contributed by atoms with Crippen LogP contribution in [0.1, 0.15) is 38.2 Å². The third-order valence-corrected chi connectivity index (χ3v) is 6.19. The molecule has 2 heterocycles. The molecule has 1 aliphatic carbocycles. The molecule has 0 amide bonds. The summed E-state index contributed by atoms with van der Waals surface area (Å²) >= 11 is 0. The second-order valence-electron chi connectivity index (χ2n) is 8.09. The SMILES string of the molecule is CCNC(=NCC1(c2ccc(OC)cc2)CC1)N1CCOC(C2CCCO2)C1. The summed E-state index contributed by atoms with van der Waals surface area (Å²) in [6.45, 7) is 7.15. The van der Waals surface area contributed by atoms with E-state index in [9.17, 15) is 0 Å². The van der Waals surface area contributed by atoms with Gasteiger partial charge in [-0.1, -0.05) is 12.1 Å². The highest BCUT2D eigenvalue weighted by Crippen LogP contribution is 2.48. The minimum absolute atomic E-state index is 0.150. The number of guanidine groups is 1. The molecule has 2 unspecified atom stereocenters. The zero-order valence-electron chi connectivity index (χ0n) is 17.2. The van der Waals surface area contributed by atoms with Crippen molar-refractivity contribution < 1.29 is 14.2 Å². The van der Waals surface area contributed by atoms with Crippen molar-refractivity contribution in [3.8, 4) is 5.75 Å². The summed E-state index contributed by atoms with van der Waals surface area (Å²) in [6.07, 6.45) is 5.03. The number of hydrogen-bond donors (Lipinski definition) is 1. The Morgan fingerprint density at radius 3 is 2.64 bits per heavy atom. The summed E-state index contributed by atoms with van der Waals surface area (Å²) in [5, 5.41) is 3.49. The first kappa shape index (κ1) is 19.5. The Bertz CT molecular complexity index is 666. The molecular weight excluding hydrogens is 354 g/mol. The molecule has 0 bridgehead atoms. The van der Waals surface area contributed by atoms with Gasteiger partial charge in [-0.15, -0.1) is 0 Å². The summed E-state index contributed by atoms with van der Waals surface area (Å²) in [5.41, 5.74) is 1.56. The summed E-state index contributed by atoms with van der Waals surface area (Å²) < 4.78 is 17.2. The molecule has 1 saturated carbocycles. The average molecular weight is 388 g/mol. The van der Waals surface area contributed by atoms with E-state index in [0.717, 1.165) is 63.9 Å². The van der Waals surface area contributed by atoms with E-state index in [1.54, 1.807) is 7.11 Å². The van der Waals surface area contributed by atoms with E-state index in [0.29, 0.717) is 0 Å². The van der Waals surface area contributed by atoms with Crippen LogP contribution in [-0.2, 0) is 14.9 Å². The zero-order chi connectivity index (χ0) is 19.4. The number of nitrogens with one attached hydrogen (secondary N) is 1. The van der Waals surface area contributed by atoms with E-state index in [2.05, 4.69) is 41.4 Å². The molecule has 154 valence electrons. The lowest BCUT2D eigenvalue weighted by molar-refractivity contribution is -0.0817. The van der Waals surface area contributed by atoms with Crippen LogP contribution >= 0.6 is 0 Å².